The van der Waals surface area contributed by atoms with E-state index in [9.17, 15) is 14.9 Å². The Morgan fingerprint density at radius 3 is 2.18 bits per heavy atom. The summed E-state index contributed by atoms with van der Waals surface area (Å²) in [7, 11) is 0. The number of para-hydroxylation sites is 1. The van der Waals surface area contributed by atoms with E-state index in [1.165, 1.54) is 4.90 Å². The third-order valence-corrected chi connectivity index (χ3v) is 4.99. The van der Waals surface area contributed by atoms with E-state index in [1.807, 2.05) is 32.1 Å². The minimum absolute atomic E-state index is 0.284. The second kappa shape index (κ2) is 3.84. The molecule has 1 aromatic rings. The largest absolute Gasteiger partial charge is 0.359 e. The van der Waals surface area contributed by atoms with Crippen LogP contribution in [0.4, 0.5) is 5.69 Å². The molecule has 3 aliphatic rings. The molecule has 2 amide bonds. The van der Waals surface area contributed by atoms with Crippen molar-refractivity contribution in [2.24, 2.45) is 11.8 Å². The Balaban J connectivity index is 1.86. The first kappa shape index (κ1) is 13.2. The van der Waals surface area contributed by atoms with E-state index in [-0.39, 0.29) is 11.8 Å². The number of carbonyl (C=O) groups excluding carboxylic acids is 2. The molecule has 2 fully saturated rings. The topological polar surface area (TPSA) is 70.4 Å². The Morgan fingerprint density at radius 1 is 1.09 bits per heavy atom. The molecule has 0 unspecified atom stereocenters. The molecular weight excluding hydrogens is 280 g/mol. The van der Waals surface area contributed by atoms with Crippen molar-refractivity contribution in [3.63, 3.8) is 0 Å². The van der Waals surface area contributed by atoms with E-state index in [4.69, 9.17) is 4.74 Å². The van der Waals surface area contributed by atoms with Crippen molar-refractivity contribution < 1.29 is 14.3 Å². The summed E-state index contributed by atoms with van der Waals surface area (Å²) in [6.45, 7) is 3.68. The van der Waals surface area contributed by atoms with Crippen LogP contribution in [0.5, 0.6) is 0 Å². The fourth-order valence-corrected chi connectivity index (χ4v) is 4.03. The molecule has 110 valence electrons. The quantitative estimate of drug-likeness (QED) is 0.585. The number of nitriles is 1. The van der Waals surface area contributed by atoms with Gasteiger partial charge in [0.25, 0.3) is 0 Å². The van der Waals surface area contributed by atoms with E-state index in [0.29, 0.717) is 11.3 Å². The van der Waals surface area contributed by atoms with Crippen molar-refractivity contribution in [3.8, 4) is 6.07 Å². The number of fused-ring (bicyclic) bond motifs is 5. The molecule has 5 heteroatoms. The average Bonchev–Trinajstić information content (AvgIpc) is 3.04. The van der Waals surface area contributed by atoms with Crippen molar-refractivity contribution in [1.82, 2.24) is 0 Å². The Labute approximate surface area is 127 Å². The second-order valence-corrected chi connectivity index (χ2v) is 6.40. The van der Waals surface area contributed by atoms with E-state index in [0.717, 1.165) is 0 Å². The summed E-state index contributed by atoms with van der Waals surface area (Å²) >= 11 is 0. The molecule has 3 heterocycles. The maximum atomic E-state index is 12.9. The van der Waals surface area contributed by atoms with Gasteiger partial charge in [0.05, 0.1) is 34.3 Å². The molecule has 2 saturated heterocycles. The maximum absolute atomic E-state index is 12.9. The molecule has 0 radical (unpaired) electrons. The molecule has 1 aromatic carbocycles. The third-order valence-electron chi connectivity index (χ3n) is 4.99. The van der Waals surface area contributed by atoms with Crippen LogP contribution in [0.15, 0.2) is 36.4 Å². The highest BCUT2D eigenvalue weighted by Gasteiger charge is 2.70. The molecule has 22 heavy (non-hydrogen) atoms. The molecule has 0 N–H and O–H groups in total. The van der Waals surface area contributed by atoms with Gasteiger partial charge in [0.1, 0.15) is 6.07 Å². The van der Waals surface area contributed by atoms with Gasteiger partial charge in [-0.3, -0.25) is 9.59 Å². The maximum Gasteiger partial charge on any atom is 0.241 e. The lowest BCUT2D eigenvalue weighted by molar-refractivity contribution is -0.128. The Morgan fingerprint density at radius 2 is 1.64 bits per heavy atom. The Kier molecular flexibility index (Phi) is 2.31. The van der Waals surface area contributed by atoms with Gasteiger partial charge in [-0.15, -0.1) is 0 Å². The number of imide groups is 1. The van der Waals surface area contributed by atoms with Crippen LogP contribution in [0, 0.1) is 23.2 Å². The van der Waals surface area contributed by atoms with Crippen LogP contribution < -0.4 is 4.90 Å². The minimum Gasteiger partial charge on any atom is -0.359 e. The van der Waals surface area contributed by atoms with Crippen LogP contribution in [-0.4, -0.2) is 23.0 Å². The number of rotatable bonds is 1. The molecule has 0 aromatic heterocycles. The number of hydrogen-bond acceptors (Lipinski definition) is 4. The number of amides is 2. The summed E-state index contributed by atoms with van der Waals surface area (Å²) in [4.78, 5) is 26.9. The van der Waals surface area contributed by atoms with E-state index >= 15 is 0 Å². The van der Waals surface area contributed by atoms with Gasteiger partial charge in [0.2, 0.25) is 11.8 Å². The van der Waals surface area contributed by atoms with Crippen molar-refractivity contribution in [2.45, 2.75) is 25.0 Å². The van der Waals surface area contributed by atoms with Gasteiger partial charge in [-0.1, -0.05) is 24.3 Å². The highest BCUT2D eigenvalue weighted by molar-refractivity contribution is 6.24. The first-order chi connectivity index (χ1) is 10.4. The second-order valence-electron chi connectivity index (χ2n) is 6.40. The molecule has 0 saturated carbocycles. The van der Waals surface area contributed by atoms with Gasteiger partial charge in [0, 0.05) is 0 Å². The standard InChI is InChI=1S/C17H14N2O3/c1-16-7-8-17(2,22-16)13-12(16)14(20)19(15(13)21)11-6-4-3-5-10(11)9-18/h3-8,12-13H,1-2H3/t12-,13+,16+,17-. The van der Waals surface area contributed by atoms with Crippen LogP contribution >= 0.6 is 0 Å². The smallest absolute Gasteiger partial charge is 0.241 e. The summed E-state index contributed by atoms with van der Waals surface area (Å²) in [5, 5.41) is 9.24. The monoisotopic (exact) mass is 294 g/mol. The molecule has 4 atom stereocenters. The molecule has 0 aliphatic carbocycles. The van der Waals surface area contributed by atoms with Crippen LogP contribution in [-0.2, 0) is 14.3 Å². The molecule has 0 spiro atoms. The zero-order valence-electron chi connectivity index (χ0n) is 12.2. The predicted molar refractivity (Wildman–Crippen MR) is 77.7 cm³/mol. The number of hydrogen-bond donors (Lipinski definition) is 0. The zero-order chi connectivity index (χ0) is 15.7. The first-order valence-electron chi connectivity index (χ1n) is 7.19. The van der Waals surface area contributed by atoms with Crippen molar-refractivity contribution in [3.05, 3.63) is 42.0 Å². The summed E-state index contributed by atoms with van der Waals surface area (Å²) < 4.78 is 5.95. The van der Waals surface area contributed by atoms with Crippen LogP contribution in [0.2, 0.25) is 0 Å². The van der Waals surface area contributed by atoms with Crippen LogP contribution in [0.1, 0.15) is 19.4 Å². The highest BCUT2D eigenvalue weighted by atomic mass is 16.5. The molecular formula is C17H14N2O3. The summed E-state index contributed by atoms with van der Waals surface area (Å²) in [6, 6.07) is 8.72. The van der Waals surface area contributed by atoms with E-state index in [2.05, 4.69) is 0 Å². The summed E-state index contributed by atoms with van der Waals surface area (Å²) in [5.41, 5.74) is -0.813. The molecule has 5 nitrogen and oxygen atoms in total. The van der Waals surface area contributed by atoms with Crippen molar-refractivity contribution in [1.29, 1.82) is 5.26 Å². The number of benzene rings is 1. The fraction of sp³-hybridized carbons (Fsp3) is 0.353. The lowest BCUT2D eigenvalue weighted by Gasteiger charge is -2.25. The number of nitrogens with zero attached hydrogens (tertiary/aromatic N) is 2. The number of carbonyl (C=O) groups is 2. The van der Waals surface area contributed by atoms with Crippen molar-refractivity contribution in [2.75, 3.05) is 4.90 Å². The minimum atomic E-state index is -0.748. The highest BCUT2D eigenvalue weighted by Crippen LogP contribution is 2.57. The van der Waals surface area contributed by atoms with Gasteiger partial charge in [-0.05, 0) is 26.0 Å². The lowest BCUT2D eigenvalue weighted by atomic mass is 9.73. The Bertz CT molecular complexity index is 757. The van der Waals surface area contributed by atoms with E-state index in [1.54, 1.807) is 24.3 Å². The molecule has 2 bridgehead atoms. The van der Waals surface area contributed by atoms with Gasteiger partial charge in [-0.2, -0.15) is 5.26 Å². The molecule has 3 aliphatic heterocycles. The SMILES string of the molecule is C[C@]12C=C[C@](C)(O1)[C@H]1C(=O)N(c3ccccc3C#N)C(=O)[C@H]12. The van der Waals surface area contributed by atoms with Gasteiger partial charge in [0.15, 0.2) is 0 Å². The van der Waals surface area contributed by atoms with Crippen molar-refractivity contribution >= 4 is 17.5 Å². The summed E-state index contributed by atoms with van der Waals surface area (Å²) in [5.74, 6) is -1.62. The Hall–Kier alpha value is -2.45. The predicted octanol–water partition coefficient (Wildman–Crippen LogP) is 1.78. The fourth-order valence-electron chi connectivity index (χ4n) is 4.03. The number of ether oxygens (including phenoxy) is 1. The van der Waals surface area contributed by atoms with Gasteiger partial charge in [-0.25, -0.2) is 4.90 Å². The van der Waals surface area contributed by atoms with Gasteiger partial charge >= 0.3 is 0 Å². The van der Waals surface area contributed by atoms with Gasteiger partial charge < -0.3 is 4.74 Å². The van der Waals surface area contributed by atoms with Crippen LogP contribution in [0.25, 0.3) is 0 Å². The lowest BCUT2D eigenvalue weighted by Crippen LogP contribution is -2.39. The average molecular weight is 294 g/mol. The third kappa shape index (κ3) is 1.36. The molecule has 4 rings (SSSR count). The normalized spacial score (nSPS) is 38.5. The number of anilines is 1. The van der Waals surface area contributed by atoms with E-state index < -0.39 is 23.0 Å². The summed E-state index contributed by atoms with van der Waals surface area (Å²) in [6.07, 6.45) is 3.75. The zero-order valence-corrected chi connectivity index (χ0v) is 12.2. The van der Waals surface area contributed by atoms with Crippen LogP contribution in [0.3, 0.4) is 0 Å². The first-order valence-corrected chi connectivity index (χ1v) is 7.19.